The topological polar surface area (TPSA) is 17.0 Å². The summed E-state index contributed by atoms with van der Waals surface area (Å²) in [5, 5.41) is 2.33. The molecule has 2 heteroatoms. The van der Waals surface area contributed by atoms with E-state index in [0.29, 0.717) is 0 Å². The first kappa shape index (κ1) is 19.6. The van der Waals surface area contributed by atoms with Crippen LogP contribution in [0, 0.1) is 6.92 Å². The Hall–Kier alpha value is -3.39. The number of nitrogens with zero attached hydrogens (tertiary/aromatic N) is 1. The Kier molecular flexibility index (Phi) is 4.48. The van der Waals surface area contributed by atoms with Crippen LogP contribution in [0.5, 0.6) is 0 Å². The second kappa shape index (κ2) is 7.09. The second-order valence-electron chi connectivity index (χ2n) is 9.47. The molecule has 0 N–H and O–H groups in total. The van der Waals surface area contributed by atoms with Gasteiger partial charge in [0.05, 0.1) is 5.56 Å². The van der Waals surface area contributed by atoms with Crippen LogP contribution in [0.2, 0.25) is 0 Å². The first-order chi connectivity index (χ1) is 14.8. The average molecular weight is 407 g/mol. The summed E-state index contributed by atoms with van der Waals surface area (Å²) in [6.07, 6.45) is 2.21. The number of pyridine rings is 1. The highest BCUT2D eigenvalue weighted by molar-refractivity contribution is 6.09. The number of aryl methyl sites for hydroxylation is 2. The summed E-state index contributed by atoms with van der Waals surface area (Å²) in [6.45, 7) is 8.90. The Morgan fingerprint density at radius 3 is 2.16 bits per heavy atom. The standard InChI is InChI=1S/C29H28NO/c1-19-10-16-24-23-8-6-7-9-26(23)31-28(24)27(19)25-17-13-21(18-30(25)5)20-11-14-22(15-12-20)29(2,3)4/h6-18H,1-5H3/q+1. The zero-order valence-corrected chi connectivity index (χ0v) is 18.9. The lowest BCUT2D eigenvalue weighted by Crippen LogP contribution is -2.31. The Labute approximate surface area is 183 Å². The molecule has 31 heavy (non-hydrogen) atoms. The molecule has 0 amide bonds. The van der Waals surface area contributed by atoms with Crippen LogP contribution in [0.3, 0.4) is 0 Å². The van der Waals surface area contributed by atoms with E-state index in [0.717, 1.165) is 33.2 Å². The minimum atomic E-state index is 0.163. The van der Waals surface area contributed by atoms with E-state index in [1.54, 1.807) is 0 Å². The van der Waals surface area contributed by atoms with Crippen molar-refractivity contribution in [2.45, 2.75) is 33.1 Å². The molecule has 0 aliphatic rings. The zero-order chi connectivity index (χ0) is 21.8. The molecular formula is C29H28NO+. The molecule has 0 saturated carbocycles. The number of furan rings is 1. The van der Waals surface area contributed by atoms with E-state index in [-0.39, 0.29) is 5.41 Å². The first-order valence-electron chi connectivity index (χ1n) is 10.8. The molecule has 0 radical (unpaired) electrons. The summed E-state index contributed by atoms with van der Waals surface area (Å²) in [5.41, 5.74) is 9.36. The van der Waals surface area contributed by atoms with Gasteiger partial charge < -0.3 is 4.42 Å². The molecule has 0 saturated heterocycles. The molecule has 3 aromatic carbocycles. The molecule has 0 fully saturated rings. The summed E-state index contributed by atoms with van der Waals surface area (Å²) in [7, 11) is 2.11. The van der Waals surface area contributed by atoms with Gasteiger partial charge in [0.25, 0.3) is 0 Å². The fourth-order valence-corrected chi connectivity index (χ4v) is 4.41. The van der Waals surface area contributed by atoms with Crippen molar-refractivity contribution in [2.24, 2.45) is 7.05 Å². The number of fused-ring (bicyclic) bond motifs is 3. The van der Waals surface area contributed by atoms with Gasteiger partial charge in [-0.2, -0.15) is 0 Å². The molecule has 2 heterocycles. The number of para-hydroxylation sites is 1. The highest BCUT2D eigenvalue weighted by atomic mass is 16.3. The Balaban J connectivity index is 1.62. The van der Waals surface area contributed by atoms with Gasteiger partial charge in [0.2, 0.25) is 5.69 Å². The Morgan fingerprint density at radius 2 is 1.45 bits per heavy atom. The SMILES string of the molecule is Cc1ccc2c(oc3ccccc32)c1-c1ccc(-c2ccc(C(C)(C)C)cc2)c[n+]1C. The fraction of sp³-hybridized carbons (Fsp3) is 0.207. The predicted octanol–water partition coefficient (Wildman–Crippen LogP) is 7.35. The molecule has 0 aliphatic carbocycles. The van der Waals surface area contributed by atoms with E-state index in [1.165, 1.54) is 22.3 Å². The van der Waals surface area contributed by atoms with E-state index in [4.69, 9.17) is 4.42 Å². The van der Waals surface area contributed by atoms with Crippen molar-refractivity contribution in [1.29, 1.82) is 0 Å². The quantitative estimate of drug-likeness (QED) is 0.280. The third kappa shape index (κ3) is 3.33. The van der Waals surface area contributed by atoms with Crippen LogP contribution >= 0.6 is 0 Å². The molecular weight excluding hydrogens is 378 g/mol. The third-order valence-corrected chi connectivity index (χ3v) is 6.23. The molecule has 2 aromatic heterocycles. The van der Waals surface area contributed by atoms with Crippen molar-refractivity contribution < 1.29 is 8.98 Å². The first-order valence-corrected chi connectivity index (χ1v) is 10.8. The summed E-state index contributed by atoms with van der Waals surface area (Å²) in [6, 6.07) is 26.0. The fourth-order valence-electron chi connectivity index (χ4n) is 4.41. The zero-order valence-electron chi connectivity index (χ0n) is 18.9. The second-order valence-corrected chi connectivity index (χ2v) is 9.47. The number of aromatic nitrogens is 1. The largest absolute Gasteiger partial charge is 0.455 e. The highest BCUT2D eigenvalue weighted by Crippen LogP contribution is 2.37. The molecule has 5 rings (SSSR count). The van der Waals surface area contributed by atoms with Crippen LogP contribution in [0.15, 0.2) is 83.4 Å². The van der Waals surface area contributed by atoms with Gasteiger partial charge in [0.1, 0.15) is 18.2 Å². The van der Waals surface area contributed by atoms with E-state index < -0.39 is 0 Å². The van der Waals surface area contributed by atoms with E-state index >= 15 is 0 Å². The lowest BCUT2D eigenvalue weighted by atomic mass is 9.86. The summed E-state index contributed by atoms with van der Waals surface area (Å²) < 4.78 is 8.53. The maximum atomic E-state index is 6.32. The average Bonchev–Trinajstić information content (AvgIpc) is 3.12. The van der Waals surface area contributed by atoms with Gasteiger partial charge in [-0.15, -0.1) is 0 Å². The lowest BCUT2D eigenvalue weighted by Gasteiger charge is -2.19. The van der Waals surface area contributed by atoms with Crippen LogP contribution in [-0.2, 0) is 12.5 Å². The monoisotopic (exact) mass is 406 g/mol. The Bertz CT molecular complexity index is 1420. The summed E-state index contributed by atoms with van der Waals surface area (Å²) in [5.74, 6) is 0. The van der Waals surface area contributed by atoms with Gasteiger partial charge in [-0.3, -0.25) is 0 Å². The summed E-state index contributed by atoms with van der Waals surface area (Å²) in [4.78, 5) is 0. The molecule has 0 atom stereocenters. The van der Waals surface area contributed by atoms with Crippen LogP contribution in [0.25, 0.3) is 44.3 Å². The number of hydrogen-bond donors (Lipinski definition) is 0. The van der Waals surface area contributed by atoms with E-state index in [1.807, 2.05) is 12.1 Å². The van der Waals surface area contributed by atoms with Crippen molar-refractivity contribution in [3.05, 3.63) is 90.1 Å². The normalized spacial score (nSPS) is 12.0. The van der Waals surface area contributed by atoms with Crippen molar-refractivity contribution in [3.63, 3.8) is 0 Å². The molecule has 0 aliphatic heterocycles. The maximum Gasteiger partial charge on any atom is 0.216 e. The number of benzene rings is 3. The van der Waals surface area contributed by atoms with E-state index in [9.17, 15) is 0 Å². The van der Waals surface area contributed by atoms with Crippen LogP contribution < -0.4 is 4.57 Å². The van der Waals surface area contributed by atoms with Crippen LogP contribution in [-0.4, -0.2) is 0 Å². The van der Waals surface area contributed by atoms with Crippen molar-refractivity contribution in [1.82, 2.24) is 0 Å². The predicted molar refractivity (Wildman–Crippen MR) is 129 cm³/mol. The van der Waals surface area contributed by atoms with Crippen LogP contribution in [0.1, 0.15) is 31.9 Å². The molecule has 2 nitrogen and oxygen atoms in total. The molecule has 0 spiro atoms. The van der Waals surface area contributed by atoms with Gasteiger partial charge in [0, 0.05) is 22.4 Å². The molecule has 0 bridgehead atoms. The highest BCUT2D eigenvalue weighted by Gasteiger charge is 2.21. The van der Waals surface area contributed by atoms with Gasteiger partial charge in [-0.1, -0.05) is 75.4 Å². The van der Waals surface area contributed by atoms with E-state index in [2.05, 4.69) is 106 Å². The minimum Gasteiger partial charge on any atom is -0.455 e. The molecule has 5 aromatic rings. The van der Waals surface area contributed by atoms with Crippen molar-refractivity contribution >= 4 is 21.9 Å². The van der Waals surface area contributed by atoms with Gasteiger partial charge in [-0.05, 0) is 41.2 Å². The number of rotatable bonds is 2. The molecule has 154 valence electrons. The summed E-state index contributed by atoms with van der Waals surface area (Å²) >= 11 is 0. The molecule has 0 unspecified atom stereocenters. The van der Waals surface area contributed by atoms with Crippen LogP contribution in [0.4, 0.5) is 0 Å². The number of hydrogen-bond acceptors (Lipinski definition) is 1. The lowest BCUT2D eigenvalue weighted by molar-refractivity contribution is -0.659. The maximum absolute atomic E-state index is 6.32. The Morgan fingerprint density at radius 1 is 0.742 bits per heavy atom. The van der Waals surface area contributed by atoms with Crippen molar-refractivity contribution in [3.8, 4) is 22.4 Å². The minimum absolute atomic E-state index is 0.163. The van der Waals surface area contributed by atoms with Crippen molar-refractivity contribution in [2.75, 3.05) is 0 Å². The van der Waals surface area contributed by atoms with Gasteiger partial charge in [-0.25, -0.2) is 4.57 Å². The third-order valence-electron chi connectivity index (χ3n) is 6.23. The smallest absolute Gasteiger partial charge is 0.216 e. The van der Waals surface area contributed by atoms with Gasteiger partial charge >= 0.3 is 0 Å². The van der Waals surface area contributed by atoms with Gasteiger partial charge in [0.15, 0.2) is 6.20 Å².